The number of rotatable bonds is 3. The average molecular weight is 440 g/mol. The van der Waals surface area contributed by atoms with Gasteiger partial charge in [0.15, 0.2) is 5.96 Å². The summed E-state index contributed by atoms with van der Waals surface area (Å²) in [5.74, 6) is 4.59. The van der Waals surface area contributed by atoms with Crippen LogP contribution in [-0.2, 0) is 9.59 Å². The maximum absolute atomic E-state index is 13.6. The smallest absolute Gasteiger partial charge is 0.251 e. The SMILES string of the molecule is CN1CCN(C2=NC=C(C(=O)NC3C4CC5CC(C4)CC3C5)C(C3CCCC3)N2)CC1=O. The van der Waals surface area contributed by atoms with Crippen molar-refractivity contribution in [3.8, 4) is 0 Å². The first-order valence-corrected chi connectivity index (χ1v) is 12.9. The number of nitrogens with zero attached hydrogens (tertiary/aromatic N) is 3. The molecule has 7 heteroatoms. The summed E-state index contributed by atoms with van der Waals surface area (Å²) < 4.78 is 0. The molecule has 2 heterocycles. The highest BCUT2D eigenvalue weighted by atomic mass is 16.2. The van der Waals surface area contributed by atoms with Gasteiger partial charge in [-0.1, -0.05) is 12.8 Å². The van der Waals surface area contributed by atoms with Crippen molar-refractivity contribution in [2.75, 3.05) is 26.7 Å². The van der Waals surface area contributed by atoms with Crippen LogP contribution < -0.4 is 10.6 Å². The number of amides is 2. The summed E-state index contributed by atoms with van der Waals surface area (Å²) in [6, 6.07) is 0.345. The van der Waals surface area contributed by atoms with Crippen LogP contribution in [0.25, 0.3) is 0 Å². The number of nitrogens with one attached hydrogen (secondary N) is 2. The van der Waals surface area contributed by atoms with Gasteiger partial charge in [-0.3, -0.25) is 9.59 Å². The Morgan fingerprint density at radius 3 is 2.38 bits per heavy atom. The van der Waals surface area contributed by atoms with Crippen LogP contribution >= 0.6 is 0 Å². The van der Waals surface area contributed by atoms with E-state index in [9.17, 15) is 9.59 Å². The zero-order valence-electron chi connectivity index (χ0n) is 19.3. The van der Waals surface area contributed by atoms with Gasteiger partial charge in [-0.05, 0) is 74.5 Å². The van der Waals surface area contributed by atoms with E-state index in [-0.39, 0.29) is 17.9 Å². The molecule has 0 spiro atoms. The summed E-state index contributed by atoms with van der Waals surface area (Å²) in [6.07, 6.45) is 13.2. The topological polar surface area (TPSA) is 77.0 Å². The predicted molar refractivity (Wildman–Crippen MR) is 123 cm³/mol. The average Bonchev–Trinajstić information content (AvgIpc) is 3.32. The van der Waals surface area contributed by atoms with E-state index in [2.05, 4.69) is 15.6 Å². The van der Waals surface area contributed by atoms with Gasteiger partial charge in [0.25, 0.3) is 5.91 Å². The Morgan fingerprint density at radius 2 is 1.72 bits per heavy atom. The molecule has 7 rings (SSSR count). The molecule has 2 amide bonds. The Kier molecular flexibility index (Phi) is 5.18. The lowest BCUT2D eigenvalue weighted by molar-refractivity contribution is -0.132. The molecule has 0 aromatic heterocycles. The Labute approximate surface area is 191 Å². The van der Waals surface area contributed by atoms with Crippen molar-refractivity contribution in [1.29, 1.82) is 0 Å². The van der Waals surface area contributed by atoms with Gasteiger partial charge >= 0.3 is 0 Å². The first-order chi connectivity index (χ1) is 15.5. The van der Waals surface area contributed by atoms with E-state index in [4.69, 9.17) is 0 Å². The molecule has 1 atom stereocenters. The minimum absolute atomic E-state index is 0.00316. The summed E-state index contributed by atoms with van der Waals surface area (Å²) in [6.45, 7) is 1.83. The molecule has 5 saturated carbocycles. The third-order valence-electron chi connectivity index (χ3n) is 9.36. The maximum Gasteiger partial charge on any atom is 0.251 e. The van der Waals surface area contributed by atoms with Crippen LogP contribution in [0.4, 0.5) is 0 Å². The Balaban J connectivity index is 1.21. The van der Waals surface area contributed by atoms with Gasteiger partial charge in [-0.2, -0.15) is 0 Å². The van der Waals surface area contributed by atoms with Crippen LogP contribution in [0.5, 0.6) is 0 Å². The third-order valence-corrected chi connectivity index (χ3v) is 9.36. The van der Waals surface area contributed by atoms with Crippen LogP contribution in [0.2, 0.25) is 0 Å². The van der Waals surface area contributed by atoms with E-state index in [0.717, 1.165) is 42.8 Å². The fourth-order valence-electron chi connectivity index (χ4n) is 7.84. The van der Waals surface area contributed by atoms with Crippen molar-refractivity contribution >= 4 is 17.8 Å². The van der Waals surface area contributed by atoms with E-state index in [0.29, 0.717) is 36.9 Å². The Hall–Kier alpha value is -2.05. The van der Waals surface area contributed by atoms with Crippen molar-refractivity contribution in [3.63, 3.8) is 0 Å². The predicted octanol–water partition coefficient (Wildman–Crippen LogP) is 2.10. The van der Waals surface area contributed by atoms with Crippen molar-refractivity contribution in [3.05, 3.63) is 11.8 Å². The zero-order valence-corrected chi connectivity index (χ0v) is 19.3. The van der Waals surface area contributed by atoms with Gasteiger partial charge in [-0.15, -0.1) is 0 Å². The standard InChI is InChI=1S/C25H37N5O2/c1-29-6-7-30(14-21(29)31)25-26-13-20(23(28-25)17-4-2-3-5-17)24(32)27-22-18-9-15-8-16(11-18)12-19(22)10-15/h13,15-19,22-23H,2-12,14H2,1H3,(H,26,28)(H,27,32). The summed E-state index contributed by atoms with van der Waals surface area (Å²) >= 11 is 0. The number of likely N-dealkylation sites (N-methyl/N-ethyl adjacent to an activating group) is 1. The van der Waals surface area contributed by atoms with E-state index >= 15 is 0 Å². The Morgan fingerprint density at radius 1 is 1.03 bits per heavy atom. The molecule has 0 aromatic carbocycles. The van der Waals surface area contributed by atoms with Gasteiger partial charge < -0.3 is 20.4 Å². The van der Waals surface area contributed by atoms with Gasteiger partial charge in [-0.25, -0.2) is 4.99 Å². The molecule has 0 radical (unpaired) electrons. The second-order valence-corrected chi connectivity index (χ2v) is 11.4. The molecule has 174 valence electrons. The van der Waals surface area contributed by atoms with E-state index in [1.165, 1.54) is 44.9 Å². The van der Waals surface area contributed by atoms with Crippen molar-refractivity contribution in [1.82, 2.24) is 20.4 Å². The van der Waals surface area contributed by atoms with Crippen molar-refractivity contribution in [2.45, 2.75) is 69.9 Å². The van der Waals surface area contributed by atoms with E-state index < -0.39 is 0 Å². The third kappa shape index (κ3) is 3.61. The molecule has 4 bridgehead atoms. The lowest BCUT2D eigenvalue weighted by atomic mass is 9.54. The molecule has 5 aliphatic carbocycles. The first kappa shape index (κ1) is 20.5. The van der Waals surface area contributed by atoms with Crippen LogP contribution in [0, 0.1) is 29.6 Å². The molecule has 2 aliphatic heterocycles. The number of guanidine groups is 1. The largest absolute Gasteiger partial charge is 0.349 e. The lowest BCUT2D eigenvalue weighted by Gasteiger charge is -2.54. The van der Waals surface area contributed by atoms with Gasteiger partial charge in [0, 0.05) is 32.4 Å². The van der Waals surface area contributed by atoms with Crippen LogP contribution in [0.3, 0.4) is 0 Å². The molecule has 2 N–H and O–H groups in total. The summed E-state index contributed by atoms with van der Waals surface area (Å²) in [5.41, 5.74) is 0.801. The monoisotopic (exact) mass is 439 g/mol. The van der Waals surface area contributed by atoms with Crippen molar-refractivity contribution in [2.24, 2.45) is 34.6 Å². The van der Waals surface area contributed by atoms with Crippen molar-refractivity contribution < 1.29 is 9.59 Å². The quantitative estimate of drug-likeness (QED) is 0.706. The molecule has 1 saturated heterocycles. The molecule has 7 nitrogen and oxygen atoms in total. The Bertz CT molecular complexity index is 817. The molecule has 32 heavy (non-hydrogen) atoms. The molecular weight excluding hydrogens is 402 g/mol. The van der Waals surface area contributed by atoms with Crippen LogP contribution in [0.1, 0.15) is 57.8 Å². The molecule has 6 fully saturated rings. The summed E-state index contributed by atoms with van der Waals surface area (Å²) in [4.78, 5) is 34.3. The minimum atomic E-state index is -0.00316. The van der Waals surface area contributed by atoms with Crippen LogP contribution in [0.15, 0.2) is 16.8 Å². The number of carbonyl (C=O) groups excluding carboxylic acids is 2. The number of carbonyl (C=O) groups is 2. The number of hydrogen-bond donors (Lipinski definition) is 2. The summed E-state index contributed by atoms with van der Waals surface area (Å²) in [7, 11) is 1.85. The van der Waals surface area contributed by atoms with Gasteiger partial charge in [0.2, 0.25) is 5.91 Å². The van der Waals surface area contributed by atoms with Gasteiger partial charge in [0.1, 0.15) is 0 Å². The molecular formula is C25H37N5O2. The van der Waals surface area contributed by atoms with Crippen LogP contribution in [-0.4, -0.2) is 66.3 Å². The fraction of sp³-hybridized carbons (Fsp3) is 0.800. The molecule has 1 unspecified atom stereocenters. The first-order valence-electron chi connectivity index (χ1n) is 12.9. The van der Waals surface area contributed by atoms with E-state index in [1.54, 1.807) is 4.90 Å². The fourth-order valence-corrected chi connectivity index (χ4v) is 7.84. The highest BCUT2D eigenvalue weighted by Crippen LogP contribution is 2.53. The molecule has 7 aliphatic rings. The maximum atomic E-state index is 13.6. The number of hydrogen-bond acceptors (Lipinski definition) is 5. The lowest BCUT2D eigenvalue weighted by Crippen LogP contribution is -2.59. The number of piperazine rings is 1. The second kappa shape index (κ2) is 8.07. The highest BCUT2D eigenvalue weighted by molar-refractivity contribution is 5.98. The second-order valence-electron chi connectivity index (χ2n) is 11.4. The normalized spacial score (nSPS) is 39.1. The zero-order chi connectivity index (χ0) is 21.8. The van der Waals surface area contributed by atoms with E-state index in [1.807, 2.05) is 18.1 Å². The minimum Gasteiger partial charge on any atom is -0.349 e. The molecule has 0 aromatic rings. The number of aliphatic imine (C=N–C) groups is 1. The highest BCUT2D eigenvalue weighted by Gasteiger charge is 2.49. The van der Waals surface area contributed by atoms with Gasteiger partial charge in [0.05, 0.1) is 18.2 Å². The summed E-state index contributed by atoms with van der Waals surface area (Å²) in [5, 5.41) is 7.11.